The van der Waals surface area contributed by atoms with E-state index in [0.29, 0.717) is 5.01 Å². The number of aromatic carboxylic acids is 1. The van der Waals surface area contributed by atoms with Crippen LogP contribution >= 0.6 is 53.1 Å². The van der Waals surface area contributed by atoms with Crippen molar-refractivity contribution in [3.63, 3.8) is 0 Å². The molecule has 0 saturated heterocycles. The molecule has 0 radical (unpaired) electrons. The van der Waals surface area contributed by atoms with Crippen LogP contribution in [-0.4, -0.2) is 16.1 Å². The maximum absolute atomic E-state index is 10.5. The molecule has 1 heterocycles. The van der Waals surface area contributed by atoms with E-state index in [2.05, 4.69) is 16.2 Å². The van der Waals surface area contributed by atoms with Gasteiger partial charge in [0.15, 0.2) is 10.7 Å². The second-order valence-corrected chi connectivity index (χ2v) is 5.03. The molecule has 0 spiro atoms. The summed E-state index contributed by atoms with van der Waals surface area (Å²) in [6.07, 6.45) is 0. The second kappa shape index (κ2) is 5.05. The van der Waals surface area contributed by atoms with Gasteiger partial charge in [0.2, 0.25) is 0 Å². The predicted octanol–water partition coefficient (Wildman–Crippen LogP) is 2.89. The molecule has 0 aliphatic carbocycles. The van der Waals surface area contributed by atoms with Crippen LogP contribution in [0.1, 0.15) is 15.5 Å². The fraction of sp³-hybridized carbons (Fsp3) is 0. The lowest BCUT2D eigenvalue weighted by molar-refractivity contribution is 0.0691. The zero-order chi connectivity index (χ0) is 9.84. The van der Waals surface area contributed by atoms with E-state index in [1.807, 2.05) is 21.2 Å². The summed E-state index contributed by atoms with van der Waals surface area (Å²) in [6.45, 7) is 0. The third kappa shape index (κ3) is 3.02. The maximum atomic E-state index is 10.5. The molecule has 0 fully saturated rings. The van der Waals surface area contributed by atoms with Gasteiger partial charge in [-0.05, 0) is 20.1 Å². The molecule has 0 atom stereocenters. The maximum Gasteiger partial charge on any atom is 0.357 e. The average Bonchev–Trinajstić information content (AvgIpc) is 2.43. The third-order valence-electron chi connectivity index (χ3n) is 0.985. The molecule has 0 saturated carbocycles. The van der Waals surface area contributed by atoms with Crippen molar-refractivity contribution in [1.29, 1.82) is 0 Å². The summed E-state index contributed by atoms with van der Waals surface area (Å²) in [5, 5.41) is 11.7. The molecule has 0 unspecified atom stereocenters. The first kappa shape index (κ1) is 11.1. The lowest BCUT2D eigenvalue weighted by Gasteiger charge is -1.82. The van der Waals surface area contributed by atoms with Crippen molar-refractivity contribution in [1.82, 2.24) is 4.98 Å². The van der Waals surface area contributed by atoms with E-state index in [-0.39, 0.29) is 10.0 Å². The topological polar surface area (TPSA) is 50.2 Å². The fourth-order valence-electron chi connectivity index (χ4n) is 0.550. The van der Waals surface area contributed by atoms with Crippen molar-refractivity contribution in [2.45, 2.75) is 0 Å². The Balaban J connectivity index is 3.02. The van der Waals surface area contributed by atoms with Crippen LogP contribution in [0.25, 0.3) is 0 Å². The quantitative estimate of drug-likeness (QED) is 0.628. The number of hydrogen-bond acceptors (Lipinski definition) is 4. The van der Waals surface area contributed by atoms with Gasteiger partial charge in [-0.1, -0.05) is 22.9 Å². The van der Waals surface area contributed by atoms with Crippen LogP contribution < -0.4 is 0 Å². The van der Waals surface area contributed by atoms with Crippen molar-refractivity contribution in [2.24, 2.45) is 0 Å². The monoisotopic (exact) mass is 345 g/mol. The number of aromatic nitrogens is 1. The minimum Gasteiger partial charge on any atom is -0.476 e. The number of nitrogens with zero attached hydrogens (tertiary/aromatic N) is 1. The SMILES string of the molecule is O=C(O)c1nc(C#CSI)sc1Cl. The average molecular weight is 346 g/mol. The number of hydrogen-bond donors (Lipinski definition) is 1. The van der Waals surface area contributed by atoms with E-state index >= 15 is 0 Å². The van der Waals surface area contributed by atoms with E-state index in [0.717, 1.165) is 11.3 Å². The van der Waals surface area contributed by atoms with E-state index < -0.39 is 5.97 Å². The number of carbonyl (C=O) groups is 1. The molecule has 68 valence electrons. The summed E-state index contributed by atoms with van der Waals surface area (Å²) < 4.78 is 0.162. The minimum absolute atomic E-state index is 0.130. The normalized spacial score (nSPS) is 9.08. The Morgan fingerprint density at radius 1 is 1.77 bits per heavy atom. The Morgan fingerprint density at radius 2 is 2.46 bits per heavy atom. The van der Waals surface area contributed by atoms with Crippen molar-refractivity contribution in [3.8, 4) is 11.2 Å². The van der Waals surface area contributed by atoms with Crippen LogP contribution in [0.15, 0.2) is 0 Å². The molecule has 7 heteroatoms. The molecule has 0 aromatic carbocycles. The smallest absolute Gasteiger partial charge is 0.357 e. The lowest BCUT2D eigenvalue weighted by atomic mass is 10.5. The summed E-state index contributed by atoms with van der Waals surface area (Å²) in [4.78, 5) is 14.3. The summed E-state index contributed by atoms with van der Waals surface area (Å²) in [5.41, 5.74) is -0.130. The van der Waals surface area contributed by atoms with Gasteiger partial charge in [-0.25, -0.2) is 9.78 Å². The summed E-state index contributed by atoms with van der Waals surface area (Å²) >= 11 is 8.70. The van der Waals surface area contributed by atoms with Crippen LogP contribution in [-0.2, 0) is 0 Å². The molecule has 3 nitrogen and oxygen atoms in total. The van der Waals surface area contributed by atoms with Gasteiger partial charge in [0, 0.05) is 21.2 Å². The van der Waals surface area contributed by atoms with Crippen LogP contribution in [0.4, 0.5) is 0 Å². The van der Waals surface area contributed by atoms with Crippen LogP contribution in [0.3, 0.4) is 0 Å². The molecule has 1 rings (SSSR count). The van der Waals surface area contributed by atoms with Gasteiger partial charge >= 0.3 is 5.97 Å². The molecule has 13 heavy (non-hydrogen) atoms. The summed E-state index contributed by atoms with van der Waals surface area (Å²) in [7, 11) is 1.31. The van der Waals surface area contributed by atoms with E-state index in [9.17, 15) is 4.79 Å². The fourth-order valence-corrected chi connectivity index (χ4v) is 2.06. The molecule has 0 aliphatic heterocycles. The Hall–Kier alpha value is 0.0300. The lowest BCUT2D eigenvalue weighted by Crippen LogP contribution is -1.96. The molecule has 0 bridgehead atoms. The molecule has 1 aromatic heterocycles. The highest BCUT2D eigenvalue weighted by molar-refractivity contribution is 14.2. The molecule has 0 aliphatic rings. The third-order valence-corrected chi connectivity index (χ3v) is 2.99. The van der Waals surface area contributed by atoms with Gasteiger partial charge < -0.3 is 5.11 Å². The first-order valence-electron chi connectivity index (χ1n) is 2.83. The highest BCUT2D eigenvalue weighted by Gasteiger charge is 2.14. The minimum atomic E-state index is -1.13. The summed E-state index contributed by atoms with van der Waals surface area (Å²) in [5.74, 6) is 1.55. The van der Waals surface area contributed by atoms with E-state index in [1.54, 1.807) is 0 Å². The van der Waals surface area contributed by atoms with Gasteiger partial charge in [0.05, 0.1) is 0 Å². The molecular formula is C6HClINO2S2. The van der Waals surface area contributed by atoms with Crippen LogP contribution in [0, 0.1) is 11.2 Å². The van der Waals surface area contributed by atoms with Crippen molar-refractivity contribution >= 4 is 59.0 Å². The molecular weight excluding hydrogens is 345 g/mol. The zero-order valence-corrected chi connectivity index (χ0v) is 10.4. The van der Waals surface area contributed by atoms with Gasteiger partial charge in [0.25, 0.3) is 0 Å². The standard InChI is InChI=1S/C6HClINO2S2/c7-5-4(6(10)11)9-3(13-5)1-2-12-8/h(H,10,11). The highest BCUT2D eigenvalue weighted by Crippen LogP contribution is 2.23. The Morgan fingerprint density at radius 3 is 2.92 bits per heavy atom. The number of carboxylic acid groups (broad SMARTS) is 1. The predicted molar refractivity (Wildman–Crippen MR) is 62.6 cm³/mol. The first-order valence-corrected chi connectivity index (χ1v) is 7.38. The highest BCUT2D eigenvalue weighted by atomic mass is 127. The first-order chi connectivity index (χ1) is 6.15. The van der Waals surface area contributed by atoms with Crippen LogP contribution in [0.5, 0.6) is 0 Å². The Kier molecular flexibility index (Phi) is 4.31. The molecule has 0 amide bonds. The summed E-state index contributed by atoms with van der Waals surface area (Å²) in [6, 6.07) is 0. The van der Waals surface area contributed by atoms with E-state index in [4.69, 9.17) is 16.7 Å². The molecule has 1 aromatic rings. The number of halogens is 2. The largest absolute Gasteiger partial charge is 0.476 e. The second-order valence-electron chi connectivity index (χ2n) is 1.75. The van der Waals surface area contributed by atoms with Gasteiger partial charge in [-0.3, -0.25) is 0 Å². The number of thiazole rings is 1. The van der Waals surface area contributed by atoms with Gasteiger partial charge in [-0.2, -0.15) is 0 Å². The van der Waals surface area contributed by atoms with Gasteiger partial charge in [0.1, 0.15) is 4.34 Å². The van der Waals surface area contributed by atoms with Crippen molar-refractivity contribution in [3.05, 3.63) is 15.0 Å². The number of rotatable bonds is 1. The van der Waals surface area contributed by atoms with Crippen LogP contribution in [0.2, 0.25) is 4.34 Å². The Labute approximate surface area is 99.5 Å². The number of carboxylic acids is 1. The van der Waals surface area contributed by atoms with Crippen molar-refractivity contribution in [2.75, 3.05) is 0 Å². The molecule has 1 N–H and O–H groups in total. The van der Waals surface area contributed by atoms with Gasteiger partial charge in [-0.15, -0.1) is 0 Å². The Bertz CT molecular complexity index is 395. The zero-order valence-electron chi connectivity index (χ0n) is 5.88. The van der Waals surface area contributed by atoms with Crippen molar-refractivity contribution < 1.29 is 9.90 Å². The van der Waals surface area contributed by atoms with E-state index in [1.165, 1.54) is 8.93 Å².